The predicted octanol–water partition coefficient (Wildman–Crippen LogP) is 3.96. The number of nitrogens with zero attached hydrogens (tertiary/aromatic N) is 3. The zero-order chi connectivity index (χ0) is 17.1. The number of halogens is 1. The number of rotatable bonds is 4. The van der Waals surface area contributed by atoms with Gasteiger partial charge in [0.25, 0.3) is 5.91 Å². The van der Waals surface area contributed by atoms with Gasteiger partial charge in [-0.05, 0) is 65.7 Å². The highest BCUT2D eigenvalue weighted by Gasteiger charge is 2.08. The minimum absolute atomic E-state index is 0.178. The largest absolute Gasteiger partial charge is 0.307 e. The van der Waals surface area contributed by atoms with E-state index in [9.17, 15) is 4.79 Å². The van der Waals surface area contributed by atoms with E-state index in [0.29, 0.717) is 17.9 Å². The Hall–Kier alpha value is -2.47. The maximum Gasteiger partial charge on any atom is 0.256 e. The number of nitrogens with one attached hydrogen (secondary N) is 1. The van der Waals surface area contributed by atoms with Gasteiger partial charge in [-0.25, -0.2) is 4.98 Å². The Balaban J connectivity index is 1.68. The first-order valence-corrected chi connectivity index (χ1v) is 8.33. The topological polar surface area (TPSA) is 59.8 Å². The standard InChI is InChI=1S/C18H17BrN4O/c1-12-9-13(2)23(22-12)11-14-3-5-15(6-4-14)18(24)21-17-8-7-16(19)10-20-17/h3-10H,11H2,1-2H3,(H,20,21,24). The van der Waals surface area contributed by atoms with Crippen LogP contribution < -0.4 is 5.32 Å². The number of carbonyl (C=O) groups is 1. The van der Waals surface area contributed by atoms with Crippen LogP contribution in [0, 0.1) is 13.8 Å². The van der Waals surface area contributed by atoms with Gasteiger partial charge in [-0.15, -0.1) is 0 Å². The fraction of sp³-hybridized carbons (Fsp3) is 0.167. The molecule has 0 atom stereocenters. The van der Waals surface area contributed by atoms with E-state index in [2.05, 4.69) is 31.3 Å². The molecule has 0 aliphatic heterocycles. The minimum Gasteiger partial charge on any atom is -0.307 e. The molecule has 0 aliphatic carbocycles. The molecule has 2 heterocycles. The molecular formula is C18H17BrN4O. The average molecular weight is 385 g/mol. The second-order valence-corrected chi connectivity index (χ2v) is 6.51. The molecule has 3 aromatic rings. The molecule has 6 heteroatoms. The summed E-state index contributed by atoms with van der Waals surface area (Å²) in [7, 11) is 0. The molecule has 0 unspecified atom stereocenters. The van der Waals surface area contributed by atoms with Crippen molar-refractivity contribution in [1.82, 2.24) is 14.8 Å². The third-order valence-corrected chi connectivity index (χ3v) is 4.09. The van der Waals surface area contributed by atoms with E-state index in [4.69, 9.17) is 0 Å². The third kappa shape index (κ3) is 3.89. The van der Waals surface area contributed by atoms with Crippen molar-refractivity contribution >= 4 is 27.7 Å². The maximum absolute atomic E-state index is 12.2. The van der Waals surface area contributed by atoms with Gasteiger partial charge in [-0.3, -0.25) is 9.48 Å². The number of hydrogen-bond donors (Lipinski definition) is 1. The second kappa shape index (κ2) is 6.97. The predicted molar refractivity (Wildman–Crippen MR) is 97.1 cm³/mol. The summed E-state index contributed by atoms with van der Waals surface area (Å²) in [5.41, 5.74) is 3.82. The van der Waals surface area contributed by atoms with Crippen LogP contribution in [0.15, 0.2) is 53.1 Å². The lowest BCUT2D eigenvalue weighted by Gasteiger charge is -2.07. The van der Waals surface area contributed by atoms with E-state index in [0.717, 1.165) is 21.4 Å². The summed E-state index contributed by atoms with van der Waals surface area (Å²) < 4.78 is 2.82. The van der Waals surface area contributed by atoms with Gasteiger partial charge in [-0.1, -0.05) is 12.1 Å². The molecule has 1 aromatic carbocycles. The Labute approximate surface area is 148 Å². The molecule has 2 aromatic heterocycles. The number of aromatic nitrogens is 3. The van der Waals surface area contributed by atoms with Gasteiger partial charge in [0, 0.05) is 21.9 Å². The van der Waals surface area contributed by atoms with Gasteiger partial charge in [-0.2, -0.15) is 5.10 Å². The lowest BCUT2D eigenvalue weighted by Crippen LogP contribution is -2.13. The van der Waals surface area contributed by atoms with Crippen LogP contribution in [0.2, 0.25) is 0 Å². The van der Waals surface area contributed by atoms with Crippen molar-refractivity contribution < 1.29 is 4.79 Å². The number of anilines is 1. The maximum atomic E-state index is 12.2. The molecule has 0 aliphatic rings. The average Bonchev–Trinajstić information content (AvgIpc) is 2.88. The third-order valence-electron chi connectivity index (χ3n) is 3.62. The smallest absolute Gasteiger partial charge is 0.256 e. The van der Waals surface area contributed by atoms with Crippen molar-refractivity contribution in [2.75, 3.05) is 5.32 Å². The number of pyridine rings is 1. The van der Waals surface area contributed by atoms with E-state index >= 15 is 0 Å². The molecule has 0 bridgehead atoms. The number of hydrogen-bond acceptors (Lipinski definition) is 3. The summed E-state index contributed by atoms with van der Waals surface area (Å²) in [6.07, 6.45) is 1.65. The monoisotopic (exact) mass is 384 g/mol. The molecular weight excluding hydrogens is 368 g/mol. The second-order valence-electron chi connectivity index (χ2n) is 5.60. The van der Waals surface area contributed by atoms with Gasteiger partial charge >= 0.3 is 0 Å². The Kier molecular flexibility index (Phi) is 4.76. The first-order valence-electron chi connectivity index (χ1n) is 7.54. The molecule has 122 valence electrons. The molecule has 0 saturated heterocycles. The number of benzene rings is 1. The SMILES string of the molecule is Cc1cc(C)n(Cc2ccc(C(=O)Nc3ccc(Br)cn3)cc2)n1. The highest BCUT2D eigenvalue weighted by molar-refractivity contribution is 9.10. The summed E-state index contributed by atoms with van der Waals surface area (Å²) in [5, 5.41) is 7.23. The normalized spacial score (nSPS) is 10.6. The summed E-state index contributed by atoms with van der Waals surface area (Å²) in [5.74, 6) is 0.345. The minimum atomic E-state index is -0.178. The van der Waals surface area contributed by atoms with E-state index < -0.39 is 0 Å². The van der Waals surface area contributed by atoms with Crippen LogP contribution in [0.5, 0.6) is 0 Å². The highest BCUT2D eigenvalue weighted by atomic mass is 79.9. The van der Waals surface area contributed by atoms with Crippen LogP contribution in [-0.2, 0) is 6.54 Å². The molecule has 24 heavy (non-hydrogen) atoms. The Morgan fingerprint density at radius 2 is 1.92 bits per heavy atom. The Bertz CT molecular complexity index is 854. The van der Waals surface area contributed by atoms with Crippen LogP contribution in [0.25, 0.3) is 0 Å². The molecule has 0 radical (unpaired) electrons. The van der Waals surface area contributed by atoms with Crippen LogP contribution in [0.4, 0.5) is 5.82 Å². The van der Waals surface area contributed by atoms with Gasteiger partial charge in [0.2, 0.25) is 0 Å². The van der Waals surface area contributed by atoms with E-state index in [1.165, 1.54) is 0 Å². The number of amides is 1. The summed E-state index contributed by atoms with van der Waals surface area (Å²) in [6.45, 7) is 4.70. The van der Waals surface area contributed by atoms with E-state index in [1.54, 1.807) is 12.3 Å². The van der Waals surface area contributed by atoms with Crippen LogP contribution >= 0.6 is 15.9 Å². The highest BCUT2D eigenvalue weighted by Crippen LogP contribution is 2.13. The van der Waals surface area contributed by atoms with Gasteiger partial charge < -0.3 is 5.32 Å². The first kappa shape index (κ1) is 16.4. The van der Waals surface area contributed by atoms with E-state index in [1.807, 2.05) is 54.9 Å². The van der Waals surface area contributed by atoms with Crippen molar-refractivity contribution in [3.05, 3.63) is 75.6 Å². The molecule has 3 rings (SSSR count). The van der Waals surface area contributed by atoms with Gasteiger partial charge in [0.15, 0.2) is 0 Å². The molecule has 1 N–H and O–H groups in total. The quantitative estimate of drug-likeness (QED) is 0.740. The Morgan fingerprint density at radius 1 is 1.17 bits per heavy atom. The molecule has 0 saturated carbocycles. The zero-order valence-electron chi connectivity index (χ0n) is 13.5. The zero-order valence-corrected chi connectivity index (χ0v) is 15.0. The van der Waals surface area contributed by atoms with Crippen molar-refractivity contribution in [2.45, 2.75) is 20.4 Å². The lowest BCUT2D eigenvalue weighted by atomic mass is 10.1. The number of carbonyl (C=O) groups excluding carboxylic acids is 1. The molecule has 1 amide bonds. The molecule has 0 fully saturated rings. The molecule has 5 nitrogen and oxygen atoms in total. The van der Waals surface area contributed by atoms with Crippen molar-refractivity contribution in [1.29, 1.82) is 0 Å². The summed E-state index contributed by atoms with van der Waals surface area (Å²) in [6, 6.07) is 13.2. The first-order chi connectivity index (χ1) is 11.5. The Morgan fingerprint density at radius 3 is 2.50 bits per heavy atom. The van der Waals surface area contributed by atoms with Crippen molar-refractivity contribution in [3.63, 3.8) is 0 Å². The van der Waals surface area contributed by atoms with Gasteiger partial charge in [0.05, 0.1) is 12.2 Å². The van der Waals surface area contributed by atoms with Crippen molar-refractivity contribution in [2.24, 2.45) is 0 Å². The fourth-order valence-electron chi connectivity index (χ4n) is 2.41. The van der Waals surface area contributed by atoms with Crippen molar-refractivity contribution in [3.8, 4) is 0 Å². The van der Waals surface area contributed by atoms with Crippen LogP contribution in [0.3, 0.4) is 0 Å². The van der Waals surface area contributed by atoms with Gasteiger partial charge in [0.1, 0.15) is 5.82 Å². The summed E-state index contributed by atoms with van der Waals surface area (Å²) in [4.78, 5) is 16.4. The summed E-state index contributed by atoms with van der Waals surface area (Å²) >= 11 is 3.32. The fourth-order valence-corrected chi connectivity index (χ4v) is 2.64. The molecule has 0 spiro atoms. The lowest BCUT2D eigenvalue weighted by molar-refractivity contribution is 0.102. The van der Waals surface area contributed by atoms with Crippen LogP contribution in [0.1, 0.15) is 27.3 Å². The van der Waals surface area contributed by atoms with Crippen LogP contribution in [-0.4, -0.2) is 20.7 Å². The number of aryl methyl sites for hydroxylation is 2. The van der Waals surface area contributed by atoms with E-state index in [-0.39, 0.29) is 5.91 Å².